The standard InChI is InChI=1S/C17H21NO3/c1-20-12-4-6-13-11(9-12)3-5-15-14(13)7-8-18-16(15)10-17(19)21-2/h4,6,9,16,18H,3,5,7-8,10H2,1-2H3. The Morgan fingerprint density at radius 2 is 2.14 bits per heavy atom. The lowest BCUT2D eigenvalue weighted by molar-refractivity contribution is -0.141. The van der Waals surface area contributed by atoms with Crippen LogP contribution >= 0.6 is 0 Å². The van der Waals surface area contributed by atoms with Crippen LogP contribution in [0.15, 0.2) is 23.8 Å². The van der Waals surface area contributed by atoms with Crippen molar-refractivity contribution in [2.45, 2.75) is 31.7 Å². The Morgan fingerprint density at radius 1 is 1.29 bits per heavy atom. The van der Waals surface area contributed by atoms with E-state index in [1.165, 1.54) is 29.4 Å². The van der Waals surface area contributed by atoms with Crippen LogP contribution < -0.4 is 10.1 Å². The highest BCUT2D eigenvalue weighted by atomic mass is 16.5. The molecule has 0 aromatic heterocycles. The highest BCUT2D eigenvalue weighted by Gasteiger charge is 2.29. The minimum absolute atomic E-state index is 0.122. The number of rotatable bonds is 3. The molecule has 112 valence electrons. The maximum Gasteiger partial charge on any atom is 0.307 e. The van der Waals surface area contributed by atoms with Crippen molar-refractivity contribution >= 4 is 11.5 Å². The SMILES string of the molecule is COC(=O)CC1NCCC2=C1CCc1cc(OC)ccc12. The first-order valence-corrected chi connectivity index (χ1v) is 7.42. The number of fused-ring (bicyclic) bond motifs is 2. The summed E-state index contributed by atoms with van der Waals surface area (Å²) in [7, 11) is 3.15. The third-order valence-corrected chi connectivity index (χ3v) is 4.47. The van der Waals surface area contributed by atoms with E-state index in [2.05, 4.69) is 17.4 Å². The Hall–Kier alpha value is -1.81. The van der Waals surface area contributed by atoms with Crippen molar-refractivity contribution in [1.29, 1.82) is 0 Å². The number of hydrogen-bond acceptors (Lipinski definition) is 4. The van der Waals surface area contributed by atoms with E-state index >= 15 is 0 Å². The lowest BCUT2D eigenvalue weighted by atomic mass is 9.78. The molecule has 3 rings (SSSR count). The molecule has 0 fully saturated rings. The highest BCUT2D eigenvalue weighted by molar-refractivity contribution is 5.78. The van der Waals surface area contributed by atoms with E-state index in [1.54, 1.807) is 7.11 Å². The van der Waals surface area contributed by atoms with Gasteiger partial charge in [-0.05, 0) is 60.2 Å². The number of methoxy groups -OCH3 is 2. The van der Waals surface area contributed by atoms with Gasteiger partial charge in [0.2, 0.25) is 0 Å². The molecule has 1 N–H and O–H groups in total. The summed E-state index contributed by atoms with van der Waals surface area (Å²) in [6, 6.07) is 6.43. The van der Waals surface area contributed by atoms with Crippen molar-refractivity contribution in [1.82, 2.24) is 5.32 Å². The van der Waals surface area contributed by atoms with Gasteiger partial charge in [0.15, 0.2) is 0 Å². The van der Waals surface area contributed by atoms with E-state index in [9.17, 15) is 4.79 Å². The van der Waals surface area contributed by atoms with Crippen LogP contribution in [0.1, 0.15) is 30.4 Å². The zero-order chi connectivity index (χ0) is 14.8. The van der Waals surface area contributed by atoms with E-state index in [1.807, 2.05) is 6.07 Å². The van der Waals surface area contributed by atoms with Crippen molar-refractivity contribution in [2.75, 3.05) is 20.8 Å². The molecule has 1 aliphatic heterocycles. The zero-order valence-electron chi connectivity index (χ0n) is 12.6. The Bertz CT molecular complexity index is 592. The van der Waals surface area contributed by atoms with Crippen LogP contribution in [0.2, 0.25) is 0 Å². The topological polar surface area (TPSA) is 47.6 Å². The van der Waals surface area contributed by atoms with Gasteiger partial charge in [-0.1, -0.05) is 6.07 Å². The summed E-state index contributed by atoms with van der Waals surface area (Å²) in [5.41, 5.74) is 5.47. The fourth-order valence-corrected chi connectivity index (χ4v) is 3.41. The largest absolute Gasteiger partial charge is 0.497 e. The fraction of sp³-hybridized carbons (Fsp3) is 0.471. The van der Waals surface area contributed by atoms with E-state index in [4.69, 9.17) is 9.47 Å². The van der Waals surface area contributed by atoms with Crippen LogP contribution in [0, 0.1) is 0 Å². The summed E-state index contributed by atoms with van der Waals surface area (Å²) in [6.45, 7) is 0.909. The molecular weight excluding hydrogens is 266 g/mol. The summed E-state index contributed by atoms with van der Waals surface area (Å²) in [5.74, 6) is 0.764. The molecule has 0 radical (unpaired) electrons. The van der Waals surface area contributed by atoms with E-state index in [-0.39, 0.29) is 12.0 Å². The van der Waals surface area contributed by atoms with Gasteiger partial charge in [-0.2, -0.15) is 0 Å². The Labute approximate surface area is 125 Å². The predicted octanol–water partition coefficient (Wildman–Crippen LogP) is 2.32. The summed E-state index contributed by atoms with van der Waals surface area (Å²) in [5, 5.41) is 3.45. The Morgan fingerprint density at radius 3 is 2.90 bits per heavy atom. The molecule has 0 amide bonds. The molecule has 1 aromatic rings. The average molecular weight is 287 g/mol. The van der Waals surface area contributed by atoms with Crippen LogP contribution in [0.3, 0.4) is 0 Å². The van der Waals surface area contributed by atoms with E-state index in [0.29, 0.717) is 6.42 Å². The number of carbonyl (C=O) groups is 1. The molecule has 21 heavy (non-hydrogen) atoms. The highest BCUT2D eigenvalue weighted by Crippen LogP contribution is 2.38. The third kappa shape index (κ3) is 2.68. The molecule has 4 heteroatoms. The number of ether oxygens (including phenoxy) is 2. The number of hydrogen-bond donors (Lipinski definition) is 1. The van der Waals surface area contributed by atoms with Gasteiger partial charge in [-0.25, -0.2) is 0 Å². The van der Waals surface area contributed by atoms with Gasteiger partial charge in [-0.3, -0.25) is 4.79 Å². The number of nitrogens with one attached hydrogen (secondary N) is 1. The molecule has 1 aliphatic carbocycles. The van der Waals surface area contributed by atoms with Crippen molar-refractivity contribution < 1.29 is 14.3 Å². The number of esters is 1. The van der Waals surface area contributed by atoms with Crippen LogP contribution in [0.4, 0.5) is 0 Å². The molecule has 0 saturated heterocycles. The lowest BCUT2D eigenvalue weighted by Crippen LogP contribution is -2.39. The molecular formula is C17H21NO3. The van der Waals surface area contributed by atoms with Crippen LogP contribution in [-0.4, -0.2) is 32.8 Å². The van der Waals surface area contributed by atoms with E-state index in [0.717, 1.165) is 31.6 Å². The maximum atomic E-state index is 11.6. The molecule has 0 saturated carbocycles. The lowest BCUT2D eigenvalue weighted by Gasteiger charge is -2.33. The molecule has 1 unspecified atom stereocenters. The summed E-state index contributed by atoms with van der Waals surface area (Å²) < 4.78 is 10.1. The molecule has 1 aromatic carbocycles. The van der Waals surface area contributed by atoms with Gasteiger partial charge in [0.1, 0.15) is 5.75 Å². The normalized spacial score (nSPS) is 20.6. The smallest absolute Gasteiger partial charge is 0.307 e. The van der Waals surface area contributed by atoms with Crippen molar-refractivity contribution in [3.63, 3.8) is 0 Å². The zero-order valence-corrected chi connectivity index (χ0v) is 12.6. The van der Waals surface area contributed by atoms with Crippen LogP contribution in [0.5, 0.6) is 5.75 Å². The maximum absolute atomic E-state index is 11.6. The summed E-state index contributed by atoms with van der Waals surface area (Å²) >= 11 is 0. The van der Waals surface area contributed by atoms with Gasteiger partial charge < -0.3 is 14.8 Å². The van der Waals surface area contributed by atoms with Gasteiger partial charge in [0.05, 0.1) is 20.6 Å². The second-order valence-corrected chi connectivity index (χ2v) is 5.56. The van der Waals surface area contributed by atoms with Gasteiger partial charge in [0.25, 0.3) is 0 Å². The monoisotopic (exact) mass is 287 g/mol. The van der Waals surface area contributed by atoms with Crippen molar-refractivity contribution in [2.24, 2.45) is 0 Å². The fourth-order valence-electron chi connectivity index (χ4n) is 3.41. The average Bonchev–Trinajstić information content (AvgIpc) is 2.54. The minimum Gasteiger partial charge on any atom is -0.497 e. The molecule has 4 nitrogen and oxygen atoms in total. The summed E-state index contributed by atoms with van der Waals surface area (Å²) in [4.78, 5) is 11.6. The molecule has 0 bridgehead atoms. The first-order chi connectivity index (χ1) is 10.2. The van der Waals surface area contributed by atoms with Crippen molar-refractivity contribution in [3.8, 4) is 5.75 Å². The first kappa shape index (κ1) is 14.1. The van der Waals surface area contributed by atoms with Gasteiger partial charge >= 0.3 is 5.97 Å². The number of aryl methyl sites for hydroxylation is 1. The molecule has 1 atom stereocenters. The van der Waals surface area contributed by atoms with E-state index < -0.39 is 0 Å². The van der Waals surface area contributed by atoms with Crippen molar-refractivity contribution in [3.05, 3.63) is 34.9 Å². The predicted molar refractivity (Wildman–Crippen MR) is 81.3 cm³/mol. The second-order valence-electron chi connectivity index (χ2n) is 5.56. The van der Waals surface area contributed by atoms with Crippen LogP contribution in [-0.2, 0) is 16.0 Å². The Kier molecular flexibility index (Phi) is 3.97. The quantitative estimate of drug-likeness (QED) is 0.867. The second kappa shape index (κ2) is 5.90. The Balaban J connectivity index is 1.94. The molecule has 1 heterocycles. The third-order valence-electron chi connectivity index (χ3n) is 4.47. The number of benzene rings is 1. The molecule has 0 spiro atoms. The molecule has 2 aliphatic rings. The summed E-state index contributed by atoms with van der Waals surface area (Å²) in [6.07, 6.45) is 3.45. The van der Waals surface area contributed by atoms with Gasteiger partial charge in [0, 0.05) is 6.04 Å². The first-order valence-electron chi connectivity index (χ1n) is 7.42. The van der Waals surface area contributed by atoms with Crippen LogP contribution in [0.25, 0.3) is 5.57 Å². The minimum atomic E-state index is -0.151. The number of carbonyl (C=O) groups excluding carboxylic acids is 1. The van der Waals surface area contributed by atoms with Gasteiger partial charge in [-0.15, -0.1) is 0 Å².